The van der Waals surface area contributed by atoms with Crippen LogP contribution >= 0.6 is 47.8 Å². The van der Waals surface area contributed by atoms with Gasteiger partial charge in [-0.1, -0.05) is 181 Å². The van der Waals surface area contributed by atoms with Gasteiger partial charge in [0.1, 0.15) is 16.9 Å². The van der Waals surface area contributed by atoms with Crippen LogP contribution < -0.4 is 0 Å². The van der Waals surface area contributed by atoms with E-state index in [1.54, 1.807) is 0 Å². The third-order valence-electron chi connectivity index (χ3n) is 18.1. The molecular formula is C77H42Br3N9. The van der Waals surface area contributed by atoms with Crippen LogP contribution in [0.4, 0.5) is 0 Å². The Balaban J connectivity index is 0.706. The number of hydrogen-bond donors (Lipinski definition) is 0. The summed E-state index contributed by atoms with van der Waals surface area (Å²) in [4.78, 5) is 31.8. The molecule has 0 spiro atoms. The number of imidazole rings is 3. The number of pyridine rings is 6. The molecule has 12 heteroatoms. The normalized spacial score (nSPS) is 12.3. The summed E-state index contributed by atoms with van der Waals surface area (Å²) >= 11 is 11.9. The summed E-state index contributed by atoms with van der Waals surface area (Å²) in [6.07, 6.45) is 2.00. The highest BCUT2D eigenvalue weighted by Gasteiger charge is 2.23. The van der Waals surface area contributed by atoms with Crippen LogP contribution in [-0.2, 0) is 0 Å². The SMILES string of the molecule is Cc1nc2c3ccc(-c4ccc(-c5cnc6c7ccc(-c8ccccc8Br)cc7c7nc8ccccc8n7c6c5)cc4Br)cc3n3c4ccccc4nc3c2cc1-c1ccc(-c2ccc3c4nc5ccccc5cc4c4nc5ccccc5n4c3c2)c(Br)c1. The Morgan fingerprint density at radius 2 is 0.742 bits per heavy atom. The first kappa shape index (κ1) is 50.9. The van der Waals surface area contributed by atoms with Crippen molar-refractivity contribution >= 4 is 174 Å². The number of rotatable bonds is 5. The van der Waals surface area contributed by atoms with Gasteiger partial charge in [-0.3, -0.25) is 23.2 Å². The predicted octanol–water partition coefficient (Wildman–Crippen LogP) is 21.3. The summed E-state index contributed by atoms with van der Waals surface area (Å²) in [6, 6.07) is 81.9. The van der Waals surface area contributed by atoms with Crippen molar-refractivity contribution in [3.8, 4) is 55.6 Å². The number of aromatic nitrogens is 9. The van der Waals surface area contributed by atoms with Crippen molar-refractivity contribution in [2.75, 3.05) is 0 Å². The van der Waals surface area contributed by atoms with Gasteiger partial charge in [0.05, 0.1) is 71.7 Å². The fraction of sp³-hybridized carbons (Fsp3) is 0.0130. The second-order valence-electron chi connectivity index (χ2n) is 23.1. The number of hydrogen-bond acceptors (Lipinski definition) is 6. The highest BCUT2D eigenvalue weighted by Crippen LogP contribution is 2.44. The molecule has 0 atom stereocenters. The minimum Gasteiger partial charge on any atom is -0.292 e. The molecule has 89 heavy (non-hydrogen) atoms. The van der Waals surface area contributed by atoms with Crippen LogP contribution in [0.5, 0.6) is 0 Å². The van der Waals surface area contributed by atoms with Gasteiger partial charge in [0.25, 0.3) is 0 Å². The number of halogens is 3. The fourth-order valence-corrected chi connectivity index (χ4v) is 15.6. The van der Waals surface area contributed by atoms with E-state index in [0.29, 0.717) is 0 Å². The van der Waals surface area contributed by atoms with Crippen molar-refractivity contribution in [2.45, 2.75) is 6.92 Å². The first-order chi connectivity index (χ1) is 43.7. The molecule has 0 unspecified atom stereocenters. The van der Waals surface area contributed by atoms with E-state index in [2.05, 4.69) is 280 Å². The molecule has 0 aliphatic heterocycles. The molecule has 9 heterocycles. The standard InChI is InChI=1S/C77H42Br3N9/c1-41-55(44-23-28-51(61(80)35-44)46-26-31-54-70(37-46)87-66-19-9-6-16-63(66)85-76(87)57-33-47-12-2-5-15-62(47)83-73(54)57)39-58-72(82-41)53-30-25-45(36-69(53)88-67-20-10-7-17-64(67)86-77(58)88)50-27-22-42(34-60(50)79)48-38-71-74(81-40-48)52-29-24-43(49-13-3-4-14-59(49)78)32-56(52)75-84-65-18-8-11-21-68(65)89(71)75/h2-40H,1H3. The van der Waals surface area contributed by atoms with Crippen molar-refractivity contribution in [3.63, 3.8) is 0 Å². The van der Waals surface area contributed by atoms with Crippen LogP contribution in [-0.4, -0.2) is 43.1 Å². The molecular weight excluding hydrogens is 1290 g/mol. The fourth-order valence-electron chi connectivity index (χ4n) is 13.9. The van der Waals surface area contributed by atoms with Gasteiger partial charge >= 0.3 is 0 Å². The molecule has 0 bridgehead atoms. The monoisotopic (exact) mass is 1330 g/mol. The van der Waals surface area contributed by atoms with E-state index in [0.717, 1.165) is 201 Å². The number of benzene rings is 10. The van der Waals surface area contributed by atoms with Gasteiger partial charge in [0, 0.05) is 74.1 Å². The van der Waals surface area contributed by atoms with Gasteiger partial charge in [-0.05, 0) is 148 Å². The van der Waals surface area contributed by atoms with Gasteiger partial charge < -0.3 is 0 Å². The van der Waals surface area contributed by atoms with Crippen molar-refractivity contribution in [3.05, 3.63) is 256 Å². The van der Waals surface area contributed by atoms with Gasteiger partial charge in [0.2, 0.25) is 0 Å². The molecule has 10 aromatic carbocycles. The van der Waals surface area contributed by atoms with Crippen LogP contribution in [0.3, 0.4) is 0 Å². The summed E-state index contributed by atoms with van der Waals surface area (Å²) < 4.78 is 9.88. The molecule has 0 amide bonds. The van der Waals surface area contributed by atoms with E-state index in [-0.39, 0.29) is 0 Å². The first-order valence-corrected chi connectivity index (χ1v) is 31.8. The number of aryl methyl sites for hydroxylation is 1. The van der Waals surface area contributed by atoms with Gasteiger partial charge in [-0.25, -0.2) is 19.9 Å². The van der Waals surface area contributed by atoms with E-state index < -0.39 is 0 Å². The number of nitrogens with zero attached hydrogens (tertiary/aromatic N) is 9. The molecule has 0 N–H and O–H groups in total. The molecule has 0 saturated carbocycles. The highest BCUT2D eigenvalue weighted by molar-refractivity contribution is 9.11. The Kier molecular flexibility index (Phi) is 10.9. The molecule has 0 aliphatic carbocycles. The van der Waals surface area contributed by atoms with Crippen LogP contribution in [0.2, 0.25) is 0 Å². The Bertz CT molecular complexity index is 6380. The topological polar surface area (TPSA) is 90.6 Å². The molecule has 9 aromatic heterocycles. The van der Waals surface area contributed by atoms with Crippen molar-refractivity contribution < 1.29 is 0 Å². The largest absolute Gasteiger partial charge is 0.292 e. The summed E-state index contributed by atoms with van der Waals surface area (Å²) in [6.45, 7) is 2.11. The van der Waals surface area contributed by atoms with Crippen molar-refractivity contribution in [1.29, 1.82) is 0 Å². The van der Waals surface area contributed by atoms with Crippen LogP contribution in [0.1, 0.15) is 5.69 Å². The van der Waals surface area contributed by atoms with E-state index in [4.69, 9.17) is 29.9 Å². The quantitative estimate of drug-likeness (QED) is 0.126. The average molecular weight is 1330 g/mol. The molecule has 9 nitrogen and oxygen atoms in total. The van der Waals surface area contributed by atoms with Crippen LogP contribution in [0.15, 0.2) is 250 Å². The predicted molar refractivity (Wildman–Crippen MR) is 376 cm³/mol. The van der Waals surface area contributed by atoms with Crippen LogP contribution in [0.25, 0.3) is 182 Å². The average Bonchev–Trinajstić information content (AvgIpc) is 1.75. The second-order valence-corrected chi connectivity index (χ2v) is 25.6. The van der Waals surface area contributed by atoms with E-state index in [1.165, 1.54) is 0 Å². The maximum Gasteiger partial charge on any atom is 0.147 e. The van der Waals surface area contributed by atoms with Crippen LogP contribution in [0, 0.1) is 6.92 Å². The Labute approximate surface area is 531 Å². The lowest BCUT2D eigenvalue weighted by molar-refractivity contribution is 1.25. The molecule has 19 aromatic rings. The summed E-state index contributed by atoms with van der Waals surface area (Å²) in [5, 5.41) is 7.33. The van der Waals surface area contributed by atoms with Gasteiger partial charge in [0.15, 0.2) is 0 Å². The Morgan fingerprint density at radius 3 is 1.37 bits per heavy atom. The zero-order chi connectivity index (χ0) is 58.9. The lowest BCUT2D eigenvalue weighted by Gasteiger charge is -2.15. The third kappa shape index (κ3) is 7.57. The molecule has 416 valence electrons. The number of para-hydroxylation sites is 7. The molecule has 0 fully saturated rings. The zero-order valence-corrected chi connectivity index (χ0v) is 51.9. The zero-order valence-electron chi connectivity index (χ0n) is 47.2. The molecule has 19 rings (SSSR count). The van der Waals surface area contributed by atoms with E-state index in [1.807, 2.05) is 24.4 Å². The second kappa shape index (κ2) is 19.1. The smallest absolute Gasteiger partial charge is 0.147 e. The lowest BCUT2D eigenvalue weighted by Crippen LogP contribution is -1.97. The summed E-state index contributed by atoms with van der Waals surface area (Å²) in [5.41, 5.74) is 27.0. The molecule has 0 radical (unpaired) electrons. The Morgan fingerprint density at radius 1 is 0.281 bits per heavy atom. The summed E-state index contributed by atoms with van der Waals surface area (Å²) in [5.74, 6) is 0. The number of fused-ring (bicyclic) bond motifs is 25. The van der Waals surface area contributed by atoms with Crippen molar-refractivity contribution in [1.82, 2.24) is 43.1 Å². The molecule has 0 saturated heterocycles. The van der Waals surface area contributed by atoms with E-state index in [9.17, 15) is 0 Å². The van der Waals surface area contributed by atoms with Gasteiger partial charge in [-0.15, -0.1) is 0 Å². The van der Waals surface area contributed by atoms with Gasteiger partial charge in [-0.2, -0.15) is 0 Å². The maximum absolute atomic E-state index is 5.49. The third-order valence-corrected chi connectivity index (χ3v) is 20.1. The highest BCUT2D eigenvalue weighted by atomic mass is 79.9. The maximum atomic E-state index is 5.49. The van der Waals surface area contributed by atoms with Crippen molar-refractivity contribution in [2.24, 2.45) is 0 Å². The minimum atomic E-state index is 0.857. The molecule has 0 aliphatic rings. The first-order valence-electron chi connectivity index (χ1n) is 29.4. The minimum absolute atomic E-state index is 0.857. The summed E-state index contributed by atoms with van der Waals surface area (Å²) in [7, 11) is 0. The lowest BCUT2D eigenvalue weighted by atomic mass is 9.96. The van der Waals surface area contributed by atoms with E-state index >= 15 is 0 Å². The Hall–Kier alpha value is -10.2.